The number of aromatic nitrogens is 1. The Kier molecular flexibility index (Phi) is 3.38. The molecule has 0 aliphatic carbocycles. The first kappa shape index (κ1) is 8.84. The molecule has 0 saturated heterocycles. The van der Waals surface area contributed by atoms with E-state index in [1.807, 2.05) is 24.5 Å². The van der Waals surface area contributed by atoms with Crippen LogP contribution in [0.4, 0.5) is 0 Å². The summed E-state index contributed by atoms with van der Waals surface area (Å²) in [5.74, 6) is 0.0440. The topological polar surface area (TPSA) is 34.0 Å². The normalized spacial score (nSPS) is 9.75. The maximum Gasteiger partial charge on any atom is 0.216 e. The van der Waals surface area contributed by atoms with Crippen LogP contribution in [0.15, 0.2) is 24.5 Å². The molecule has 1 heterocycles. The molecule has 1 N–H and O–H groups in total. The largest absolute Gasteiger partial charge is 0.356 e. The Morgan fingerprint density at radius 2 is 2.08 bits per heavy atom. The molecule has 0 aromatic carbocycles. The zero-order chi connectivity index (χ0) is 8.81. The van der Waals surface area contributed by atoms with Crippen LogP contribution in [-0.2, 0) is 11.3 Å². The SMILES string of the molecule is CC(=O)NCCCn1cccc1. The molecular formula is C9H14N2O. The van der Waals surface area contributed by atoms with Gasteiger partial charge in [0.2, 0.25) is 5.91 Å². The van der Waals surface area contributed by atoms with Crippen LogP contribution in [0.1, 0.15) is 13.3 Å². The molecule has 0 unspecified atom stereocenters. The van der Waals surface area contributed by atoms with E-state index < -0.39 is 0 Å². The molecule has 0 radical (unpaired) electrons. The molecule has 12 heavy (non-hydrogen) atoms. The number of aryl methyl sites for hydroxylation is 1. The summed E-state index contributed by atoms with van der Waals surface area (Å²) in [6.45, 7) is 3.26. The van der Waals surface area contributed by atoms with Crippen LogP contribution in [0, 0.1) is 0 Å². The van der Waals surface area contributed by atoms with Gasteiger partial charge in [-0.3, -0.25) is 4.79 Å². The van der Waals surface area contributed by atoms with E-state index in [1.165, 1.54) is 6.92 Å². The molecular weight excluding hydrogens is 152 g/mol. The van der Waals surface area contributed by atoms with Gasteiger partial charge in [0.1, 0.15) is 0 Å². The van der Waals surface area contributed by atoms with Crippen LogP contribution in [-0.4, -0.2) is 17.0 Å². The van der Waals surface area contributed by atoms with Crippen molar-refractivity contribution in [2.24, 2.45) is 0 Å². The quantitative estimate of drug-likeness (QED) is 0.665. The fourth-order valence-electron chi connectivity index (χ4n) is 1.05. The third kappa shape index (κ3) is 3.23. The minimum atomic E-state index is 0.0440. The van der Waals surface area contributed by atoms with Gasteiger partial charge in [0, 0.05) is 32.4 Å². The molecule has 0 atom stereocenters. The van der Waals surface area contributed by atoms with Crippen LogP contribution < -0.4 is 5.32 Å². The molecule has 0 bridgehead atoms. The molecule has 1 aromatic heterocycles. The van der Waals surface area contributed by atoms with Crippen molar-refractivity contribution in [3.63, 3.8) is 0 Å². The molecule has 0 aliphatic rings. The fourth-order valence-corrected chi connectivity index (χ4v) is 1.05. The minimum absolute atomic E-state index is 0.0440. The lowest BCUT2D eigenvalue weighted by Gasteiger charge is -2.02. The first-order valence-electron chi connectivity index (χ1n) is 4.14. The van der Waals surface area contributed by atoms with Gasteiger partial charge < -0.3 is 9.88 Å². The summed E-state index contributed by atoms with van der Waals surface area (Å²) >= 11 is 0. The van der Waals surface area contributed by atoms with Gasteiger partial charge in [-0.2, -0.15) is 0 Å². The van der Waals surface area contributed by atoms with Gasteiger partial charge in [-0.25, -0.2) is 0 Å². The van der Waals surface area contributed by atoms with E-state index in [1.54, 1.807) is 0 Å². The van der Waals surface area contributed by atoms with Crippen molar-refractivity contribution in [3.05, 3.63) is 24.5 Å². The van der Waals surface area contributed by atoms with Crippen molar-refractivity contribution in [2.45, 2.75) is 19.9 Å². The lowest BCUT2D eigenvalue weighted by molar-refractivity contribution is -0.118. The van der Waals surface area contributed by atoms with Gasteiger partial charge in [-0.1, -0.05) is 0 Å². The van der Waals surface area contributed by atoms with Gasteiger partial charge in [0.15, 0.2) is 0 Å². The lowest BCUT2D eigenvalue weighted by Crippen LogP contribution is -2.21. The zero-order valence-corrected chi connectivity index (χ0v) is 7.29. The zero-order valence-electron chi connectivity index (χ0n) is 7.29. The predicted octanol–water partition coefficient (Wildman–Crippen LogP) is 1.01. The molecule has 0 spiro atoms. The molecule has 3 nitrogen and oxygen atoms in total. The number of amides is 1. The number of hydrogen-bond donors (Lipinski definition) is 1. The summed E-state index contributed by atoms with van der Waals surface area (Å²) in [5, 5.41) is 2.76. The third-order valence-electron chi connectivity index (χ3n) is 1.63. The van der Waals surface area contributed by atoms with Gasteiger partial charge in [0.25, 0.3) is 0 Å². The molecule has 0 saturated carbocycles. The van der Waals surface area contributed by atoms with Crippen LogP contribution >= 0.6 is 0 Å². The first-order valence-corrected chi connectivity index (χ1v) is 4.14. The van der Waals surface area contributed by atoms with Gasteiger partial charge in [0.05, 0.1) is 0 Å². The van der Waals surface area contributed by atoms with Crippen molar-refractivity contribution in [2.75, 3.05) is 6.54 Å². The molecule has 1 aromatic rings. The highest BCUT2D eigenvalue weighted by Crippen LogP contribution is 1.91. The van der Waals surface area contributed by atoms with Gasteiger partial charge in [-0.05, 0) is 18.6 Å². The summed E-state index contributed by atoms with van der Waals surface area (Å²) in [4.78, 5) is 10.5. The summed E-state index contributed by atoms with van der Waals surface area (Å²) in [7, 11) is 0. The molecule has 66 valence electrons. The van der Waals surface area contributed by atoms with Crippen LogP contribution in [0.2, 0.25) is 0 Å². The van der Waals surface area contributed by atoms with E-state index in [0.29, 0.717) is 0 Å². The van der Waals surface area contributed by atoms with E-state index in [9.17, 15) is 4.79 Å². The Morgan fingerprint density at radius 3 is 2.67 bits per heavy atom. The van der Waals surface area contributed by atoms with E-state index in [-0.39, 0.29) is 5.91 Å². The van der Waals surface area contributed by atoms with Crippen molar-refractivity contribution in [1.29, 1.82) is 0 Å². The second kappa shape index (κ2) is 4.59. The average molecular weight is 166 g/mol. The standard InChI is InChI=1S/C9H14N2O/c1-9(12)10-5-4-8-11-6-2-3-7-11/h2-3,6-7H,4-5,8H2,1H3,(H,10,12). The number of rotatable bonds is 4. The Morgan fingerprint density at radius 1 is 1.42 bits per heavy atom. The van der Waals surface area contributed by atoms with Crippen molar-refractivity contribution >= 4 is 5.91 Å². The Balaban J connectivity index is 2.07. The maximum absolute atomic E-state index is 10.5. The van der Waals surface area contributed by atoms with Gasteiger partial charge in [-0.15, -0.1) is 0 Å². The highest BCUT2D eigenvalue weighted by atomic mass is 16.1. The molecule has 0 fully saturated rings. The monoisotopic (exact) mass is 166 g/mol. The second-order valence-electron chi connectivity index (χ2n) is 2.76. The number of nitrogens with zero attached hydrogens (tertiary/aromatic N) is 1. The van der Waals surface area contributed by atoms with E-state index >= 15 is 0 Å². The minimum Gasteiger partial charge on any atom is -0.356 e. The maximum atomic E-state index is 10.5. The Hall–Kier alpha value is -1.25. The summed E-state index contributed by atoms with van der Waals surface area (Å²) < 4.78 is 2.10. The first-order chi connectivity index (χ1) is 5.79. The van der Waals surface area contributed by atoms with Crippen LogP contribution in [0.5, 0.6) is 0 Å². The molecule has 1 amide bonds. The smallest absolute Gasteiger partial charge is 0.216 e. The average Bonchev–Trinajstić information content (AvgIpc) is 2.49. The highest BCUT2D eigenvalue weighted by Gasteiger charge is 1.91. The number of nitrogens with one attached hydrogen (secondary N) is 1. The molecule has 1 rings (SSSR count). The number of hydrogen-bond acceptors (Lipinski definition) is 1. The number of carbonyl (C=O) groups is 1. The van der Waals surface area contributed by atoms with Crippen molar-refractivity contribution in [1.82, 2.24) is 9.88 Å². The third-order valence-corrected chi connectivity index (χ3v) is 1.63. The van der Waals surface area contributed by atoms with Crippen LogP contribution in [0.25, 0.3) is 0 Å². The van der Waals surface area contributed by atoms with E-state index in [0.717, 1.165) is 19.5 Å². The Labute approximate surface area is 72.4 Å². The van der Waals surface area contributed by atoms with Crippen molar-refractivity contribution in [3.8, 4) is 0 Å². The Bertz CT molecular complexity index is 229. The van der Waals surface area contributed by atoms with Crippen molar-refractivity contribution < 1.29 is 4.79 Å². The fraction of sp³-hybridized carbons (Fsp3) is 0.444. The predicted molar refractivity (Wildman–Crippen MR) is 47.7 cm³/mol. The highest BCUT2D eigenvalue weighted by molar-refractivity contribution is 5.72. The second-order valence-corrected chi connectivity index (χ2v) is 2.76. The van der Waals surface area contributed by atoms with Gasteiger partial charge >= 0.3 is 0 Å². The van der Waals surface area contributed by atoms with E-state index in [4.69, 9.17) is 0 Å². The van der Waals surface area contributed by atoms with E-state index in [2.05, 4.69) is 9.88 Å². The molecule has 3 heteroatoms. The summed E-state index contributed by atoms with van der Waals surface area (Å²) in [6, 6.07) is 4.00. The molecule has 0 aliphatic heterocycles. The summed E-state index contributed by atoms with van der Waals surface area (Å²) in [6.07, 6.45) is 5.02. The van der Waals surface area contributed by atoms with Crippen LogP contribution in [0.3, 0.4) is 0 Å². The summed E-state index contributed by atoms with van der Waals surface area (Å²) in [5.41, 5.74) is 0. The number of carbonyl (C=O) groups excluding carboxylic acids is 1. The lowest BCUT2D eigenvalue weighted by atomic mass is 10.4.